The average molecular weight is 293 g/mol. The highest BCUT2D eigenvalue weighted by atomic mass is 35.5. The van der Waals surface area contributed by atoms with Gasteiger partial charge in [-0.05, 0) is 69.0 Å². The Morgan fingerprint density at radius 2 is 1.95 bits per heavy atom. The van der Waals surface area contributed by atoms with E-state index in [1.165, 1.54) is 50.0 Å². The van der Waals surface area contributed by atoms with Crippen LogP contribution >= 0.6 is 11.6 Å². The van der Waals surface area contributed by atoms with Crippen LogP contribution in [-0.4, -0.2) is 36.6 Å². The molecular weight excluding hydrogens is 268 g/mol. The van der Waals surface area contributed by atoms with E-state index in [1.54, 1.807) is 0 Å². The molecule has 110 valence electrons. The number of piperidine rings is 1. The Bertz CT molecular complexity index is 454. The van der Waals surface area contributed by atoms with Gasteiger partial charge in [0.2, 0.25) is 0 Å². The number of hydrogen-bond donors (Lipinski definition) is 1. The van der Waals surface area contributed by atoms with Gasteiger partial charge in [-0.25, -0.2) is 0 Å². The summed E-state index contributed by atoms with van der Waals surface area (Å²) in [6, 6.07) is 7.49. The summed E-state index contributed by atoms with van der Waals surface area (Å²) in [5.41, 5.74) is 2.90. The smallest absolute Gasteiger partial charge is 0.0408 e. The van der Waals surface area contributed by atoms with Crippen molar-refractivity contribution in [1.29, 1.82) is 0 Å². The lowest BCUT2D eigenvalue weighted by molar-refractivity contribution is 0.204. The van der Waals surface area contributed by atoms with Crippen LogP contribution in [0.1, 0.15) is 37.3 Å². The molecule has 2 nitrogen and oxygen atoms in total. The Labute approximate surface area is 127 Å². The topological polar surface area (TPSA) is 15.3 Å². The summed E-state index contributed by atoms with van der Waals surface area (Å²) in [7, 11) is 0. The van der Waals surface area contributed by atoms with Crippen molar-refractivity contribution in [3.05, 3.63) is 34.3 Å². The van der Waals surface area contributed by atoms with Crippen LogP contribution in [0.5, 0.6) is 0 Å². The van der Waals surface area contributed by atoms with Crippen LogP contribution in [0.2, 0.25) is 5.02 Å². The van der Waals surface area contributed by atoms with Gasteiger partial charge >= 0.3 is 0 Å². The van der Waals surface area contributed by atoms with E-state index < -0.39 is 0 Å². The normalized spacial score (nSPS) is 24.6. The number of fused-ring (bicyclic) bond motifs is 1. The molecule has 0 aromatic heterocycles. The summed E-state index contributed by atoms with van der Waals surface area (Å²) >= 11 is 6.08. The molecule has 1 aromatic carbocycles. The lowest BCUT2D eigenvalue weighted by Gasteiger charge is -2.30. The fraction of sp³-hybridized carbons (Fsp3) is 0.647. The highest BCUT2D eigenvalue weighted by Crippen LogP contribution is 2.25. The Morgan fingerprint density at radius 3 is 2.75 bits per heavy atom. The van der Waals surface area contributed by atoms with Gasteiger partial charge in [-0.1, -0.05) is 24.1 Å². The minimum atomic E-state index is 0.572. The van der Waals surface area contributed by atoms with Gasteiger partial charge in [0.1, 0.15) is 0 Å². The molecule has 2 unspecified atom stereocenters. The van der Waals surface area contributed by atoms with E-state index in [-0.39, 0.29) is 0 Å². The van der Waals surface area contributed by atoms with Gasteiger partial charge in [0.05, 0.1) is 0 Å². The molecule has 2 atom stereocenters. The van der Waals surface area contributed by atoms with Crippen molar-refractivity contribution in [3.63, 3.8) is 0 Å². The van der Waals surface area contributed by atoms with Gasteiger partial charge in [0.15, 0.2) is 0 Å². The summed E-state index contributed by atoms with van der Waals surface area (Å²) in [4.78, 5) is 2.61. The summed E-state index contributed by atoms with van der Waals surface area (Å²) in [6.45, 7) is 6.08. The van der Waals surface area contributed by atoms with Crippen molar-refractivity contribution < 1.29 is 0 Å². The fourth-order valence-corrected chi connectivity index (χ4v) is 3.88. The average Bonchev–Trinajstić information content (AvgIpc) is 2.80. The second-order valence-corrected chi connectivity index (χ2v) is 6.88. The molecule has 2 aliphatic rings. The minimum Gasteiger partial charge on any atom is -0.310 e. The van der Waals surface area contributed by atoms with E-state index in [0.717, 1.165) is 17.9 Å². The molecule has 0 bridgehead atoms. The number of rotatable bonds is 4. The van der Waals surface area contributed by atoms with Crippen molar-refractivity contribution in [2.45, 2.75) is 51.1 Å². The largest absolute Gasteiger partial charge is 0.310 e. The molecule has 0 amide bonds. The van der Waals surface area contributed by atoms with E-state index in [2.05, 4.69) is 29.3 Å². The standard InChI is InChI=1S/C17H25ClN2/c1-13(12-20-7-3-2-4-8-20)19-17-10-14-5-6-16(18)9-15(14)11-17/h5-6,9,13,17,19H,2-4,7-8,10-12H2,1H3. The maximum Gasteiger partial charge on any atom is 0.0408 e. The highest BCUT2D eigenvalue weighted by Gasteiger charge is 2.23. The molecule has 1 fully saturated rings. The third kappa shape index (κ3) is 3.55. The van der Waals surface area contributed by atoms with Gasteiger partial charge in [0.25, 0.3) is 0 Å². The van der Waals surface area contributed by atoms with Gasteiger partial charge in [-0.15, -0.1) is 0 Å². The molecule has 1 aliphatic heterocycles. The number of hydrogen-bond acceptors (Lipinski definition) is 2. The van der Waals surface area contributed by atoms with Crippen LogP contribution in [0, 0.1) is 0 Å². The lowest BCUT2D eigenvalue weighted by atomic mass is 10.1. The van der Waals surface area contributed by atoms with Crippen LogP contribution in [0.3, 0.4) is 0 Å². The molecule has 1 saturated heterocycles. The van der Waals surface area contributed by atoms with Gasteiger partial charge < -0.3 is 10.2 Å². The van der Waals surface area contributed by atoms with E-state index in [1.807, 2.05) is 6.07 Å². The maximum absolute atomic E-state index is 6.08. The summed E-state index contributed by atoms with van der Waals surface area (Å²) < 4.78 is 0. The van der Waals surface area contributed by atoms with Gasteiger partial charge in [0, 0.05) is 23.7 Å². The maximum atomic E-state index is 6.08. The number of nitrogens with one attached hydrogen (secondary N) is 1. The van der Waals surface area contributed by atoms with E-state index in [0.29, 0.717) is 12.1 Å². The zero-order valence-electron chi connectivity index (χ0n) is 12.4. The Morgan fingerprint density at radius 1 is 1.20 bits per heavy atom. The molecule has 1 N–H and O–H groups in total. The first-order valence-electron chi connectivity index (χ1n) is 7.96. The third-order valence-electron chi connectivity index (χ3n) is 4.60. The number of halogens is 1. The Hall–Kier alpha value is -0.570. The Kier molecular flexibility index (Phi) is 4.65. The second-order valence-electron chi connectivity index (χ2n) is 6.45. The molecule has 0 radical (unpaired) electrons. The van der Waals surface area contributed by atoms with Gasteiger partial charge in [-0.3, -0.25) is 0 Å². The van der Waals surface area contributed by atoms with Crippen LogP contribution in [0.4, 0.5) is 0 Å². The number of nitrogens with zero attached hydrogens (tertiary/aromatic N) is 1. The Balaban J connectivity index is 1.49. The first-order chi connectivity index (χ1) is 9.70. The molecule has 0 saturated carbocycles. The zero-order valence-corrected chi connectivity index (χ0v) is 13.1. The van der Waals surface area contributed by atoms with Crippen molar-refractivity contribution >= 4 is 11.6 Å². The first-order valence-corrected chi connectivity index (χ1v) is 8.34. The predicted octanol–water partition coefficient (Wildman–Crippen LogP) is 3.27. The molecule has 1 aromatic rings. The van der Waals surface area contributed by atoms with E-state index in [9.17, 15) is 0 Å². The van der Waals surface area contributed by atoms with Crippen LogP contribution in [0.15, 0.2) is 18.2 Å². The SMILES string of the molecule is CC(CN1CCCCC1)NC1Cc2ccc(Cl)cc2C1. The lowest BCUT2D eigenvalue weighted by Crippen LogP contribution is -2.45. The van der Waals surface area contributed by atoms with Crippen molar-refractivity contribution in [1.82, 2.24) is 10.2 Å². The minimum absolute atomic E-state index is 0.572. The summed E-state index contributed by atoms with van der Waals surface area (Å²) in [5.74, 6) is 0. The molecule has 20 heavy (non-hydrogen) atoms. The molecule has 3 heteroatoms. The van der Waals surface area contributed by atoms with Crippen molar-refractivity contribution in [3.8, 4) is 0 Å². The quantitative estimate of drug-likeness (QED) is 0.916. The number of likely N-dealkylation sites (tertiary alicyclic amines) is 1. The fourth-order valence-electron chi connectivity index (χ4n) is 3.69. The zero-order chi connectivity index (χ0) is 13.9. The van der Waals surface area contributed by atoms with E-state index in [4.69, 9.17) is 11.6 Å². The second kappa shape index (κ2) is 6.46. The van der Waals surface area contributed by atoms with E-state index >= 15 is 0 Å². The molecule has 3 rings (SSSR count). The molecule has 1 aliphatic carbocycles. The highest BCUT2D eigenvalue weighted by molar-refractivity contribution is 6.30. The predicted molar refractivity (Wildman–Crippen MR) is 85.5 cm³/mol. The number of benzene rings is 1. The van der Waals surface area contributed by atoms with Crippen molar-refractivity contribution in [2.75, 3.05) is 19.6 Å². The van der Waals surface area contributed by atoms with Crippen LogP contribution < -0.4 is 5.32 Å². The molecule has 1 heterocycles. The van der Waals surface area contributed by atoms with Gasteiger partial charge in [-0.2, -0.15) is 0 Å². The first kappa shape index (κ1) is 14.4. The third-order valence-corrected chi connectivity index (χ3v) is 4.84. The molecular formula is C17H25ClN2. The van der Waals surface area contributed by atoms with Crippen molar-refractivity contribution in [2.24, 2.45) is 0 Å². The monoisotopic (exact) mass is 292 g/mol. The van der Waals surface area contributed by atoms with Crippen LogP contribution in [-0.2, 0) is 12.8 Å². The molecule has 0 spiro atoms. The van der Waals surface area contributed by atoms with Crippen LogP contribution in [0.25, 0.3) is 0 Å². The summed E-state index contributed by atoms with van der Waals surface area (Å²) in [6.07, 6.45) is 6.44. The summed E-state index contributed by atoms with van der Waals surface area (Å²) in [5, 5.41) is 4.67.